The summed E-state index contributed by atoms with van der Waals surface area (Å²) in [6.07, 6.45) is 5.00. The number of aromatic amines is 2. The smallest absolute Gasteiger partial charge is 0.234 e. The minimum atomic E-state index is -0.262. The molecule has 3 aromatic heterocycles. The van der Waals surface area contributed by atoms with Crippen LogP contribution in [0.3, 0.4) is 0 Å². The maximum atomic E-state index is 12.1. The molecule has 0 fully saturated rings. The van der Waals surface area contributed by atoms with Crippen LogP contribution < -0.4 is 22.5 Å². The Kier molecular flexibility index (Phi) is 8.48. The Labute approximate surface area is 256 Å². The third-order valence-corrected chi connectivity index (χ3v) is 8.57. The molecule has 0 saturated heterocycles. The van der Waals surface area contributed by atoms with Gasteiger partial charge < -0.3 is 9.97 Å². The first-order valence-electron chi connectivity index (χ1n) is 14.5. The zero-order valence-corrected chi connectivity index (χ0v) is 25.6. The Hall–Kier alpha value is -5.06. The van der Waals surface area contributed by atoms with Crippen molar-refractivity contribution in [1.29, 1.82) is 0 Å². The SMILES string of the molecule is C=Cc1c(C)c2cc3[nH]c(cc4nc(cc5nc(cc1[nH]2)C(C)=C5CCC(=O)NN)C(CCC(=O)NN)=C4C)c(C)c3C=C. The standard InChI is InChI=1S/C34H38N8O2/c1-7-21-17(3)25-13-26-19(5)23(9-11-33(43)41-35)31(39-26)16-32-24(10-12-34(44)42-36)20(6)28(40-32)15-30-22(8-2)18(4)27(38-30)14-29(21)37-25/h7-8,13-16,37-38H,1-2,9-12,35-36H2,3-6H3,(H,41,43)(H,42,44). The number of hydrogen-bond acceptors (Lipinski definition) is 6. The Bertz CT molecular complexity index is 1950. The fraction of sp³-hybridized carbons (Fsp3) is 0.235. The van der Waals surface area contributed by atoms with E-state index in [1.54, 1.807) is 0 Å². The van der Waals surface area contributed by atoms with Crippen LogP contribution in [0.15, 0.2) is 37.4 Å². The van der Waals surface area contributed by atoms with Gasteiger partial charge in [0.2, 0.25) is 11.8 Å². The number of amides is 2. The summed E-state index contributed by atoms with van der Waals surface area (Å²) in [4.78, 5) is 41.5. The van der Waals surface area contributed by atoms with Crippen LogP contribution in [0.2, 0.25) is 0 Å². The molecular formula is C34H38N8O2. The number of allylic oxidation sites excluding steroid dienone is 4. The van der Waals surface area contributed by atoms with Crippen molar-refractivity contribution in [3.8, 4) is 0 Å². The first-order valence-corrected chi connectivity index (χ1v) is 14.5. The monoisotopic (exact) mass is 590 g/mol. The molecular weight excluding hydrogens is 552 g/mol. The molecule has 2 amide bonds. The molecule has 0 atom stereocenters. The van der Waals surface area contributed by atoms with Gasteiger partial charge in [-0.05, 0) is 98.2 Å². The van der Waals surface area contributed by atoms with Crippen LogP contribution in [0.25, 0.3) is 56.5 Å². The van der Waals surface area contributed by atoms with Gasteiger partial charge in [-0.25, -0.2) is 21.7 Å². The molecule has 0 unspecified atom stereocenters. The lowest BCUT2D eigenvalue weighted by Gasteiger charge is -2.06. The van der Waals surface area contributed by atoms with Crippen LogP contribution in [0, 0.1) is 13.8 Å². The van der Waals surface area contributed by atoms with Gasteiger partial charge in [0.25, 0.3) is 0 Å². The van der Waals surface area contributed by atoms with E-state index in [9.17, 15) is 9.59 Å². The van der Waals surface area contributed by atoms with E-state index in [0.29, 0.717) is 24.2 Å². The van der Waals surface area contributed by atoms with E-state index in [-0.39, 0.29) is 24.7 Å². The lowest BCUT2D eigenvalue weighted by Crippen LogP contribution is -2.29. The number of fused-ring (bicyclic) bond motifs is 8. The summed E-state index contributed by atoms with van der Waals surface area (Å²) in [5.74, 6) is 10.2. The van der Waals surface area contributed by atoms with E-state index < -0.39 is 0 Å². The fourth-order valence-electron chi connectivity index (χ4n) is 5.92. The van der Waals surface area contributed by atoms with E-state index in [2.05, 4.69) is 53.9 Å². The molecule has 5 rings (SSSR count). The molecule has 2 aliphatic rings. The Morgan fingerprint density at radius 3 is 1.52 bits per heavy atom. The number of nitrogens with two attached hydrogens (primary N) is 2. The minimum Gasteiger partial charge on any atom is -0.355 e. The summed E-state index contributed by atoms with van der Waals surface area (Å²) in [5.41, 5.74) is 18.9. The quantitative estimate of drug-likeness (QED) is 0.113. The van der Waals surface area contributed by atoms with Crippen LogP contribution >= 0.6 is 0 Å². The zero-order chi connectivity index (χ0) is 31.7. The number of nitrogens with zero attached hydrogens (tertiary/aromatic N) is 2. The predicted molar refractivity (Wildman–Crippen MR) is 179 cm³/mol. The second kappa shape index (κ2) is 12.3. The van der Waals surface area contributed by atoms with Crippen molar-refractivity contribution in [2.24, 2.45) is 11.7 Å². The maximum absolute atomic E-state index is 12.1. The Morgan fingerprint density at radius 1 is 0.682 bits per heavy atom. The highest BCUT2D eigenvalue weighted by Gasteiger charge is 2.22. The van der Waals surface area contributed by atoms with E-state index in [1.807, 2.05) is 44.2 Å². The van der Waals surface area contributed by atoms with Gasteiger partial charge >= 0.3 is 0 Å². The number of H-pyrrole nitrogens is 2. The van der Waals surface area contributed by atoms with Crippen molar-refractivity contribution in [2.45, 2.75) is 53.4 Å². The van der Waals surface area contributed by atoms with Crippen LogP contribution in [0.4, 0.5) is 0 Å². The van der Waals surface area contributed by atoms with Crippen molar-refractivity contribution < 1.29 is 9.59 Å². The second-order valence-electron chi connectivity index (χ2n) is 11.1. The molecule has 2 aliphatic heterocycles. The summed E-state index contributed by atoms with van der Waals surface area (Å²) in [6.45, 7) is 16.3. The van der Waals surface area contributed by atoms with Crippen LogP contribution in [0.5, 0.6) is 0 Å². The lowest BCUT2D eigenvalue weighted by atomic mass is 9.98. The molecule has 10 nitrogen and oxygen atoms in total. The van der Waals surface area contributed by atoms with E-state index in [1.165, 1.54) is 0 Å². The number of aromatic nitrogens is 4. The van der Waals surface area contributed by atoms with Gasteiger partial charge in [0, 0.05) is 46.0 Å². The number of nitrogens with one attached hydrogen (secondary N) is 4. The summed E-state index contributed by atoms with van der Waals surface area (Å²) in [7, 11) is 0. The highest BCUT2D eigenvalue weighted by atomic mass is 16.2. The number of aryl methyl sites for hydroxylation is 2. The summed E-state index contributed by atoms with van der Waals surface area (Å²) >= 11 is 0. The van der Waals surface area contributed by atoms with Crippen LogP contribution in [-0.2, 0) is 9.59 Å². The largest absolute Gasteiger partial charge is 0.355 e. The number of carbonyl (C=O) groups is 2. The highest BCUT2D eigenvalue weighted by molar-refractivity contribution is 5.97. The summed E-state index contributed by atoms with van der Waals surface area (Å²) < 4.78 is 0. The first kappa shape index (κ1) is 30.4. The molecule has 10 heteroatoms. The normalized spacial score (nSPS) is 12.9. The molecule has 0 radical (unpaired) electrons. The average molecular weight is 591 g/mol. The summed E-state index contributed by atoms with van der Waals surface area (Å²) in [6, 6.07) is 8.08. The van der Waals surface area contributed by atoms with E-state index >= 15 is 0 Å². The van der Waals surface area contributed by atoms with Crippen molar-refractivity contribution in [3.63, 3.8) is 0 Å². The molecule has 0 spiro atoms. The second-order valence-corrected chi connectivity index (χ2v) is 11.1. The van der Waals surface area contributed by atoms with Gasteiger partial charge in [-0.1, -0.05) is 25.3 Å². The topological polar surface area (TPSA) is 168 Å². The number of hydrazine groups is 2. The van der Waals surface area contributed by atoms with Gasteiger partial charge in [-0.15, -0.1) is 0 Å². The third-order valence-electron chi connectivity index (χ3n) is 8.57. The fourth-order valence-corrected chi connectivity index (χ4v) is 5.92. The molecule has 8 N–H and O–H groups in total. The molecule has 5 heterocycles. The first-order chi connectivity index (χ1) is 21.1. The predicted octanol–water partition coefficient (Wildman–Crippen LogP) is 5.62. The molecule has 0 aliphatic carbocycles. The minimum absolute atomic E-state index is 0.206. The lowest BCUT2D eigenvalue weighted by molar-refractivity contribution is -0.121. The van der Waals surface area contributed by atoms with Gasteiger partial charge in [-0.3, -0.25) is 20.4 Å². The van der Waals surface area contributed by atoms with Crippen LogP contribution in [0.1, 0.15) is 84.6 Å². The maximum Gasteiger partial charge on any atom is 0.234 e. The zero-order valence-electron chi connectivity index (χ0n) is 25.6. The average Bonchev–Trinajstić information content (AvgIpc) is 3.67. The Morgan fingerprint density at radius 2 is 1.09 bits per heavy atom. The van der Waals surface area contributed by atoms with Gasteiger partial charge in [0.1, 0.15) is 0 Å². The number of hydrogen-bond donors (Lipinski definition) is 6. The van der Waals surface area contributed by atoms with Gasteiger partial charge in [0.05, 0.1) is 22.8 Å². The molecule has 0 aromatic carbocycles. The van der Waals surface area contributed by atoms with Crippen molar-refractivity contribution in [1.82, 2.24) is 30.8 Å². The van der Waals surface area contributed by atoms with Crippen LogP contribution in [-0.4, -0.2) is 31.8 Å². The molecule has 226 valence electrons. The number of carbonyl (C=O) groups excluding carboxylic acids is 2. The van der Waals surface area contributed by atoms with Gasteiger partial charge in [-0.2, -0.15) is 0 Å². The van der Waals surface area contributed by atoms with Crippen molar-refractivity contribution >= 4 is 68.3 Å². The number of rotatable bonds is 8. The van der Waals surface area contributed by atoms with Crippen molar-refractivity contribution in [2.75, 3.05) is 0 Å². The van der Waals surface area contributed by atoms with E-state index in [4.69, 9.17) is 21.7 Å². The highest BCUT2D eigenvalue weighted by Crippen LogP contribution is 2.38. The molecule has 44 heavy (non-hydrogen) atoms. The molecule has 3 aromatic rings. The summed E-state index contributed by atoms with van der Waals surface area (Å²) in [5, 5.41) is 0. The van der Waals surface area contributed by atoms with Crippen molar-refractivity contribution in [3.05, 3.63) is 82.5 Å². The Balaban J connectivity index is 1.89. The molecule has 8 bridgehead atoms. The third kappa shape index (κ3) is 5.52. The van der Waals surface area contributed by atoms with Gasteiger partial charge in [0.15, 0.2) is 0 Å². The van der Waals surface area contributed by atoms with E-state index in [0.717, 1.165) is 78.0 Å². The molecule has 0 saturated carbocycles.